The molecule has 1 saturated heterocycles. The molecule has 0 bridgehead atoms. The average molecular weight is 421 g/mol. The summed E-state index contributed by atoms with van der Waals surface area (Å²) in [6.07, 6.45) is -2.93. The van der Waals surface area contributed by atoms with Gasteiger partial charge in [0.2, 0.25) is 5.91 Å². The van der Waals surface area contributed by atoms with Gasteiger partial charge in [0.05, 0.1) is 5.69 Å². The van der Waals surface area contributed by atoms with Crippen molar-refractivity contribution in [2.45, 2.75) is 38.7 Å². The molecule has 0 saturated carbocycles. The minimum Gasteiger partial charge on any atom is -0.406 e. The molecule has 1 aliphatic rings. The summed E-state index contributed by atoms with van der Waals surface area (Å²) >= 11 is 0. The van der Waals surface area contributed by atoms with Gasteiger partial charge >= 0.3 is 12.1 Å². The maximum absolute atomic E-state index is 12.6. The first-order valence-electron chi connectivity index (χ1n) is 9.37. The SMILES string of the molecule is C[C@@H]1CCCN1C(=O)Cn1c(=O)oc2ccc(-c3ccc(OC(F)(F)F)cc3)nc21. The monoisotopic (exact) mass is 421 g/mol. The highest BCUT2D eigenvalue weighted by Crippen LogP contribution is 2.27. The molecule has 1 fully saturated rings. The Labute approximate surface area is 168 Å². The molecule has 0 spiro atoms. The van der Waals surface area contributed by atoms with Crippen LogP contribution < -0.4 is 10.5 Å². The fourth-order valence-corrected chi connectivity index (χ4v) is 3.60. The van der Waals surface area contributed by atoms with Gasteiger partial charge in [-0.15, -0.1) is 13.2 Å². The van der Waals surface area contributed by atoms with Crippen LogP contribution in [0.5, 0.6) is 5.75 Å². The Bertz CT molecular complexity index is 1130. The summed E-state index contributed by atoms with van der Waals surface area (Å²) in [4.78, 5) is 31.0. The molecule has 0 radical (unpaired) electrons. The molecule has 0 unspecified atom stereocenters. The molecular formula is C20H18F3N3O4. The zero-order valence-corrected chi connectivity index (χ0v) is 16.0. The lowest BCUT2D eigenvalue weighted by Gasteiger charge is -2.21. The van der Waals surface area contributed by atoms with E-state index < -0.39 is 12.1 Å². The lowest BCUT2D eigenvalue weighted by Crippen LogP contribution is -2.37. The summed E-state index contributed by atoms with van der Waals surface area (Å²) in [6, 6.07) is 8.44. The number of hydrogen-bond donors (Lipinski definition) is 0. The van der Waals surface area contributed by atoms with Gasteiger partial charge in [0.1, 0.15) is 12.3 Å². The summed E-state index contributed by atoms with van der Waals surface area (Å²) in [5, 5.41) is 0. The quantitative estimate of drug-likeness (QED) is 0.644. The van der Waals surface area contributed by atoms with Crippen LogP contribution in [-0.4, -0.2) is 39.3 Å². The fraction of sp³-hybridized carbons (Fsp3) is 0.350. The Morgan fingerprint density at radius 1 is 1.23 bits per heavy atom. The van der Waals surface area contributed by atoms with Crippen LogP contribution in [0, 0.1) is 0 Å². The molecule has 0 N–H and O–H groups in total. The van der Waals surface area contributed by atoms with Crippen molar-refractivity contribution in [3.05, 3.63) is 46.9 Å². The van der Waals surface area contributed by atoms with E-state index in [0.717, 1.165) is 12.8 Å². The van der Waals surface area contributed by atoms with E-state index in [1.807, 2.05) is 6.92 Å². The third-order valence-electron chi connectivity index (χ3n) is 5.06. The van der Waals surface area contributed by atoms with Gasteiger partial charge in [0.15, 0.2) is 11.2 Å². The van der Waals surface area contributed by atoms with Crippen molar-refractivity contribution in [3.63, 3.8) is 0 Å². The zero-order valence-electron chi connectivity index (χ0n) is 16.0. The van der Waals surface area contributed by atoms with Crippen LogP contribution in [0.15, 0.2) is 45.6 Å². The van der Waals surface area contributed by atoms with Gasteiger partial charge in [0, 0.05) is 18.2 Å². The van der Waals surface area contributed by atoms with Crippen LogP contribution in [-0.2, 0) is 11.3 Å². The minimum absolute atomic E-state index is 0.118. The number of carbonyl (C=O) groups excluding carboxylic acids is 1. The van der Waals surface area contributed by atoms with E-state index in [1.165, 1.54) is 28.8 Å². The van der Waals surface area contributed by atoms with E-state index in [9.17, 15) is 22.8 Å². The van der Waals surface area contributed by atoms with Crippen molar-refractivity contribution < 1.29 is 27.1 Å². The van der Waals surface area contributed by atoms with Crippen molar-refractivity contribution in [3.8, 4) is 17.0 Å². The van der Waals surface area contributed by atoms with Gasteiger partial charge < -0.3 is 14.1 Å². The van der Waals surface area contributed by atoms with E-state index in [4.69, 9.17) is 4.42 Å². The van der Waals surface area contributed by atoms with Crippen LogP contribution in [0.3, 0.4) is 0 Å². The Kier molecular flexibility index (Phi) is 5.00. The summed E-state index contributed by atoms with van der Waals surface area (Å²) in [7, 11) is 0. The number of ether oxygens (including phenoxy) is 1. The molecule has 7 nitrogen and oxygen atoms in total. The number of oxazole rings is 1. The number of halogens is 3. The largest absolute Gasteiger partial charge is 0.573 e. The van der Waals surface area contributed by atoms with Gasteiger partial charge in [-0.2, -0.15) is 0 Å². The first kappa shape index (κ1) is 20.0. The molecule has 4 rings (SSSR count). The first-order valence-corrected chi connectivity index (χ1v) is 9.37. The van der Waals surface area contributed by atoms with E-state index in [0.29, 0.717) is 17.8 Å². The lowest BCUT2D eigenvalue weighted by atomic mass is 10.1. The molecule has 10 heteroatoms. The smallest absolute Gasteiger partial charge is 0.406 e. The first-order chi connectivity index (χ1) is 14.2. The maximum Gasteiger partial charge on any atom is 0.573 e. The van der Waals surface area contributed by atoms with E-state index in [2.05, 4.69) is 9.72 Å². The summed E-state index contributed by atoms with van der Waals surface area (Å²) in [6.45, 7) is 2.42. The molecule has 158 valence electrons. The van der Waals surface area contributed by atoms with Gasteiger partial charge in [-0.1, -0.05) is 0 Å². The van der Waals surface area contributed by atoms with Crippen LogP contribution in [0.1, 0.15) is 19.8 Å². The second kappa shape index (κ2) is 7.51. The van der Waals surface area contributed by atoms with Crippen LogP contribution in [0.4, 0.5) is 13.2 Å². The van der Waals surface area contributed by atoms with Gasteiger partial charge in [0.25, 0.3) is 0 Å². The number of carbonyl (C=O) groups is 1. The minimum atomic E-state index is -4.77. The third kappa shape index (κ3) is 4.03. The molecule has 2 aromatic heterocycles. The number of likely N-dealkylation sites (tertiary alicyclic amines) is 1. The number of benzene rings is 1. The normalized spacial score (nSPS) is 16.9. The van der Waals surface area contributed by atoms with Crippen molar-refractivity contribution in [2.75, 3.05) is 6.54 Å². The Morgan fingerprint density at radius 2 is 1.97 bits per heavy atom. The molecule has 1 atom stereocenters. The lowest BCUT2D eigenvalue weighted by molar-refractivity contribution is -0.274. The molecule has 1 amide bonds. The molecule has 1 aliphatic heterocycles. The van der Waals surface area contributed by atoms with Crippen molar-refractivity contribution in [1.82, 2.24) is 14.5 Å². The molecular weight excluding hydrogens is 403 g/mol. The highest BCUT2D eigenvalue weighted by atomic mass is 19.4. The van der Waals surface area contributed by atoms with Crippen molar-refractivity contribution >= 4 is 17.1 Å². The standard InChI is InChI=1S/C20H18F3N3O4/c1-12-3-2-10-25(12)17(27)11-26-18-16(29-19(26)28)9-8-15(24-18)13-4-6-14(7-5-13)30-20(21,22)23/h4-9,12H,2-3,10-11H2,1H3/t12-/m1/s1. The highest BCUT2D eigenvalue weighted by molar-refractivity contribution is 5.80. The van der Waals surface area contributed by atoms with Gasteiger partial charge in [-0.05, 0) is 56.2 Å². The number of fused-ring (bicyclic) bond motifs is 1. The Hall–Kier alpha value is -3.30. The predicted molar refractivity (Wildman–Crippen MR) is 101 cm³/mol. The summed E-state index contributed by atoms with van der Waals surface area (Å²) in [5.74, 6) is -1.23. The molecule has 3 aromatic rings. The predicted octanol–water partition coefficient (Wildman–Crippen LogP) is 3.57. The number of alkyl halides is 3. The zero-order chi connectivity index (χ0) is 21.5. The average Bonchev–Trinajstić information content (AvgIpc) is 3.24. The second-order valence-corrected chi connectivity index (χ2v) is 7.12. The second-order valence-electron chi connectivity index (χ2n) is 7.12. The molecule has 1 aromatic carbocycles. The molecule has 0 aliphatic carbocycles. The van der Waals surface area contributed by atoms with Crippen LogP contribution in [0.2, 0.25) is 0 Å². The Morgan fingerprint density at radius 3 is 2.60 bits per heavy atom. The molecule has 3 heterocycles. The highest BCUT2D eigenvalue weighted by Gasteiger charge is 2.31. The van der Waals surface area contributed by atoms with Crippen molar-refractivity contribution in [2.24, 2.45) is 0 Å². The number of nitrogens with zero attached hydrogens (tertiary/aromatic N) is 3. The van der Waals surface area contributed by atoms with Gasteiger partial charge in [-0.25, -0.2) is 14.3 Å². The van der Waals surface area contributed by atoms with Gasteiger partial charge in [-0.3, -0.25) is 4.79 Å². The summed E-state index contributed by atoms with van der Waals surface area (Å²) < 4.78 is 47.2. The fourth-order valence-electron chi connectivity index (χ4n) is 3.60. The molecule has 30 heavy (non-hydrogen) atoms. The van der Waals surface area contributed by atoms with E-state index in [1.54, 1.807) is 17.0 Å². The number of hydrogen-bond acceptors (Lipinski definition) is 5. The number of pyridine rings is 1. The third-order valence-corrected chi connectivity index (χ3v) is 5.06. The number of aromatic nitrogens is 2. The van der Waals surface area contributed by atoms with Crippen molar-refractivity contribution in [1.29, 1.82) is 0 Å². The number of amides is 1. The van der Waals surface area contributed by atoms with E-state index in [-0.39, 0.29) is 35.5 Å². The summed E-state index contributed by atoms with van der Waals surface area (Å²) in [5.41, 5.74) is 1.36. The van der Waals surface area contributed by atoms with E-state index >= 15 is 0 Å². The van der Waals surface area contributed by atoms with Crippen LogP contribution in [0.25, 0.3) is 22.5 Å². The van der Waals surface area contributed by atoms with Crippen LogP contribution >= 0.6 is 0 Å². The topological polar surface area (TPSA) is 77.6 Å². The Balaban J connectivity index is 1.63. The maximum atomic E-state index is 12.6. The number of rotatable bonds is 4.